The summed E-state index contributed by atoms with van der Waals surface area (Å²) in [5.74, 6) is -0.535. The zero-order valence-electron chi connectivity index (χ0n) is 15.6. The van der Waals surface area contributed by atoms with Gasteiger partial charge in [0.15, 0.2) is 0 Å². The lowest BCUT2D eigenvalue weighted by molar-refractivity contribution is -0.132. The third-order valence-electron chi connectivity index (χ3n) is 5.73. The lowest BCUT2D eigenvalue weighted by Gasteiger charge is -2.41. The lowest BCUT2D eigenvalue weighted by Crippen LogP contribution is -2.39. The van der Waals surface area contributed by atoms with Gasteiger partial charge in [-0.05, 0) is 66.6 Å². The molecule has 0 amide bonds. The quantitative estimate of drug-likeness (QED) is 0.462. The Morgan fingerprint density at radius 1 is 1.18 bits per heavy atom. The number of para-hydroxylation sites is 1. The minimum Gasteiger partial charge on any atom is -0.477 e. The molecule has 28 heavy (non-hydrogen) atoms. The van der Waals surface area contributed by atoms with E-state index in [-0.39, 0.29) is 5.57 Å². The maximum absolute atomic E-state index is 10.9. The molecule has 1 fully saturated rings. The van der Waals surface area contributed by atoms with Crippen LogP contribution in [-0.2, 0) is 11.2 Å². The Kier molecular flexibility index (Phi) is 4.99. The summed E-state index contributed by atoms with van der Waals surface area (Å²) < 4.78 is 0. The number of carbonyl (C=O) groups is 1. The average molecular weight is 370 g/mol. The van der Waals surface area contributed by atoms with Gasteiger partial charge in [-0.15, -0.1) is 0 Å². The van der Waals surface area contributed by atoms with Crippen LogP contribution in [0.1, 0.15) is 30.4 Å². The number of allylic oxidation sites excluding steroid dienone is 2. The van der Waals surface area contributed by atoms with Crippen molar-refractivity contribution in [2.75, 3.05) is 4.90 Å². The van der Waals surface area contributed by atoms with Crippen LogP contribution < -0.4 is 4.90 Å². The van der Waals surface area contributed by atoms with Crippen LogP contribution >= 0.6 is 0 Å². The minimum absolute atomic E-state index is 0.265. The van der Waals surface area contributed by atoms with Crippen molar-refractivity contribution in [2.24, 2.45) is 5.92 Å². The summed E-state index contributed by atoms with van der Waals surface area (Å²) in [7, 11) is 0. The Balaban J connectivity index is 1.67. The third-order valence-corrected chi connectivity index (χ3v) is 5.73. The largest absolute Gasteiger partial charge is 0.477 e. The highest BCUT2D eigenvalue weighted by atomic mass is 16.4. The van der Waals surface area contributed by atoms with Gasteiger partial charge in [0.05, 0.1) is 0 Å². The minimum atomic E-state index is -1.21. The van der Waals surface area contributed by atoms with Crippen molar-refractivity contribution in [1.29, 1.82) is 5.26 Å². The normalized spacial score (nSPS) is 21.2. The molecule has 1 aliphatic carbocycles. The van der Waals surface area contributed by atoms with Gasteiger partial charge < -0.3 is 10.0 Å². The Labute approximate surface area is 165 Å². The number of benzene rings is 2. The van der Waals surface area contributed by atoms with Crippen LogP contribution in [0.15, 0.2) is 66.3 Å². The number of carboxylic acids is 1. The van der Waals surface area contributed by atoms with E-state index in [9.17, 15) is 4.79 Å². The highest BCUT2D eigenvalue weighted by molar-refractivity contribution is 5.91. The Morgan fingerprint density at radius 3 is 2.75 bits per heavy atom. The number of anilines is 2. The van der Waals surface area contributed by atoms with Gasteiger partial charge in [-0.2, -0.15) is 5.26 Å². The molecule has 1 aliphatic heterocycles. The highest BCUT2D eigenvalue weighted by Gasteiger charge is 2.38. The maximum Gasteiger partial charge on any atom is 0.346 e. The first-order valence-corrected chi connectivity index (χ1v) is 9.66. The number of hydrogen-bond donors (Lipinski definition) is 1. The van der Waals surface area contributed by atoms with E-state index in [4.69, 9.17) is 10.4 Å². The van der Waals surface area contributed by atoms with Crippen LogP contribution in [0.2, 0.25) is 0 Å². The first kappa shape index (κ1) is 18.1. The van der Waals surface area contributed by atoms with Crippen LogP contribution in [0.5, 0.6) is 0 Å². The van der Waals surface area contributed by atoms with Gasteiger partial charge in [0.2, 0.25) is 0 Å². The number of rotatable bonds is 4. The first-order valence-electron chi connectivity index (χ1n) is 9.66. The molecule has 2 unspecified atom stereocenters. The maximum atomic E-state index is 10.9. The van der Waals surface area contributed by atoms with Gasteiger partial charge in [-0.25, -0.2) is 4.79 Å². The molecule has 0 spiro atoms. The van der Waals surface area contributed by atoms with E-state index in [0.717, 1.165) is 12.0 Å². The molecule has 0 saturated heterocycles. The number of aliphatic carboxylic acids is 1. The third kappa shape index (κ3) is 3.44. The first-order chi connectivity index (χ1) is 13.7. The summed E-state index contributed by atoms with van der Waals surface area (Å²) in [5.41, 5.74) is 4.59. The standard InChI is InChI=1S/C24H22N2O2/c25-16-19(24(27)28)8-4-6-17-12-13-23-20(14-17)15-18-7-5-11-22(18)26(23)21-9-2-1-3-10-21/h1-4,6,8-10,12-14,18,22H,5,7,11,15H2,(H,27,28)/b6-4+,19-8+. The summed E-state index contributed by atoms with van der Waals surface area (Å²) in [4.78, 5) is 13.4. The molecule has 2 atom stereocenters. The zero-order chi connectivity index (χ0) is 19.5. The molecule has 2 aromatic carbocycles. The Morgan fingerprint density at radius 2 is 2.00 bits per heavy atom. The molecule has 140 valence electrons. The van der Waals surface area contributed by atoms with Crippen LogP contribution in [0.3, 0.4) is 0 Å². The second-order valence-electron chi connectivity index (χ2n) is 7.41. The van der Waals surface area contributed by atoms with Crippen LogP contribution in [0.25, 0.3) is 6.08 Å². The van der Waals surface area contributed by atoms with E-state index >= 15 is 0 Å². The Hall–Kier alpha value is -3.32. The lowest BCUT2D eigenvalue weighted by atomic mass is 9.86. The molecule has 4 rings (SSSR count). The number of hydrogen-bond acceptors (Lipinski definition) is 3. The van der Waals surface area contributed by atoms with Crippen molar-refractivity contribution in [1.82, 2.24) is 0 Å². The molecular formula is C24H22N2O2. The van der Waals surface area contributed by atoms with Gasteiger partial charge in [-0.1, -0.05) is 42.8 Å². The molecule has 1 saturated carbocycles. The highest BCUT2D eigenvalue weighted by Crippen LogP contribution is 2.45. The average Bonchev–Trinajstić information content (AvgIpc) is 3.17. The summed E-state index contributed by atoms with van der Waals surface area (Å²) in [6.45, 7) is 0. The van der Waals surface area contributed by atoms with E-state index in [0.29, 0.717) is 12.0 Å². The molecule has 4 nitrogen and oxygen atoms in total. The van der Waals surface area contributed by atoms with Crippen molar-refractivity contribution in [3.05, 3.63) is 77.4 Å². The van der Waals surface area contributed by atoms with Crippen molar-refractivity contribution in [3.63, 3.8) is 0 Å². The van der Waals surface area contributed by atoms with Gasteiger partial charge >= 0.3 is 5.97 Å². The van der Waals surface area contributed by atoms with E-state index in [2.05, 4.69) is 53.4 Å². The van der Waals surface area contributed by atoms with Crippen LogP contribution in [0.4, 0.5) is 11.4 Å². The predicted molar refractivity (Wildman–Crippen MR) is 110 cm³/mol. The van der Waals surface area contributed by atoms with E-state index in [1.165, 1.54) is 42.3 Å². The number of nitriles is 1. The van der Waals surface area contributed by atoms with Gasteiger partial charge in [-0.3, -0.25) is 0 Å². The fraction of sp³-hybridized carbons (Fsp3) is 0.250. The van der Waals surface area contributed by atoms with Crippen LogP contribution in [-0.4, -0.2) is 17.1 Å². The predicted octanol–water partition coefficient (Wildman–Crippen LogP) is 5.10. The smallest absolute Gasteiger partial charge is 0.346 e. The summed E-state index contributed by atoms with van der Waals surface area (Å²) in [5, 5.41) is 17.8. The molecule has 0 bridgehead atoms. The summed E-state index contributed by atoms with van der Waals surface area (Å²) >= 11 is 0. The van der Waals surface area contributed by atoms with Crippen LogP contribution in [0, 0.1) is 17.2 Å². The SMILES string of the molecule is N#C/C(=C\C=C\c1ccc2c(c1)CC1CCCC1N2c1ccccc1)C(=O)O. The van der Waals surface area contributed by atoms with Crippen molar-refractivity contribution in [3.8, 4) is 6.07 Å². The number of carboxylic acid groups (broad SMARTS) is 1. The molecule has 0 radical (unpaired) electrons. The molecule has 1 N–H and O–H groups in total. The molecule has 0 aromatic heterocycles. The van der Waals surface area contributed by atoms with E-state index in [1.807, 2.05) is 6.08 Å². The second kappa shape index (κ2) is 7.74. The zero-order valence-corrected chi connectivity index (χ0v) is 15.6. The van der Waals surface area contributed by atoms with Crippen molar-refractivity contribution in [2.45, 2.75) is 31.7 Å². The molecule has 4 heteroatoms. The summed E-state index contributed by atoms with van der Waals surface area (Å²) in [6.07, 6.45) is 9.68. The monoisotopic (exact) mass is 370 g/mol. The number of fused-ring (bicyclic) bond motifs is 2. The van der Waals surface area contributed by atoms with E-state index < -0.39 is 5.97 Å². The molecule has 2 aromatic rings. The summed E-state index contributed by atoms with van der Waals surface area (Å²) in [6, 6.07) is 19.3. The molecule has 1 heterocycles. The molecular weight excluding hydrogens is 348 g/mol. The topological polar surface area (TPSA) is 64.3 Å². The van der Waals surface area contributed by atoms with E-state index in [1.54, 1.807) is 12.1 Å². The fourth-order valence-electron chi connectivity index (χ4n) is 4.50. The second-order valence-corrected chi connectivity index (χ2v) is 7.41. The molecule has 2 aliphatic rings. The van der Waals surface area contributed by atoms with Crippen molar-refractivity contribution < 1.29 is 9.90 Å². The number of nitrogens with zero attached hydrogens (tertiary/aromatic N) is 2. The van der Waals surface area contributed by atoms with Gasteiger partial charge in [0, 0.05) is 17.4 Å². The fourth-order valence-corrected chi connectivity index (χ4v) is 4.50. The van der Waals surface area contributed by atoms with Gasteiger partial charge in [0.25, 0.3) is 0 Å². The van der Waals surface area contributed by atoms with Crippen molar-refractivity contribution >= 4 is 23.4 Å². The van der Waals surface area contributed by atoms with Gasteiger partial charge in [0.1, 0.15) is 11.6 Å². The Bertz CT molecular complexity index is 985.